The number of aromatic nitrogens is 2. The Labute approximate surface area is 114 Å². The van der Waals surface area contributed by atoms with Crippen LogP contribution < -0.4 is 0 Å². The van der Waals surface area contributed by atoms with Crippen molar-refractivity contribution in [2.24, 2.45) is 0 Å². The Kier molecular flexibility index (Phi) is 3.67. The summed E-state index contributed by atoms with van der Waals surface area (Å²) >= 11 is 0. The van der Waals surface area contributed by atoms with Crippen LogP contribution in [0.1, 0.15) is 44.9 Å². The van der Waals surface area contributed by atoms with Crippen LogP contribution in [-0.4, -0.2) is 15.1 Å². The SMILES string of the molecule is CC(C)c1ccnc(-c2ccnc(C(C)(C)O)c2)c1. The average molecular weight is 256 g/mol. The summed E-state index contributed by atoms with van der Waals surface area (Å²) in [5.41, 5.74) is 2.87. The first-order valence-corrected chi connectivity index (χ1v) is 6.53. The maximum Gasteiger partial charge on any atom is 0.101 e. The molecule has 19 heavy (non-hydrogen) atoms. The van der Waals surface area contributed by atoms with E-state index in [0.29, 0.717) is 11.6 Å². The van der Waals surface area contributed by atoms with E-state index >= 15 is 0 Å². The third kappa shape index (κ3) is 3.18. The second-order valence-corrected chi connectivity index (χ2v) is 5.62. The van der Waals surface area contributed by atoms with E-state index in [1.807, 2.05) is 24.4 Å². The van der Waals surface area contributed by atoms with Crippen LogP contribution >= 0.6 is 0 Å². The summed E-state index contributed by atoms with van der Waals surface area (Å²) in [4.78, 5) is 8.62. The van der Waals surface area contributed by atoms with Crippen molar-refractivity contribution in [2.45, 2.75) is 39.2 Å². The molecule has 0 fully saturated rings. The summed E-state index contributed by atoms with van der Waals surface area (Å²) in [5, 5.41) is 10.0. The van der Waals surface area contributed by atoms with Crippen LogP contribution in [0.4, 0.5) is 0 Å². The molecule has 100 valence electrons. The molecule has 0 spiro atoms. The van der Waals surface area contributed by atoms with Crippen molar-refractivity contribution in [2.75, 3.05) is 0 Å². The highest BCUT2D eigenvalue weighted by Crippen LogP contribution is 2.25. The summed E-state index contributed by atoms with van der Waals surface area (Å²) in [6.07, 6.45) is 3.54. The Balaban J connectivity index is 2.45. The van der Waals surface area contributed by atoms with Gasteiger partial charge in [-0.2, -0.15) is 0 Å². The van der Waals surface area contributed by atoms with Crippen molar-refractivity contribution in [1.82, 2.24) is 9.97 Å². The molecule has 0 saturated heterocycles. The van der Waals surface area contributed by atoms with Gasteiger partial charge in [-0.05, 0) is 49.6 Å². The largest absolute Gasteiger partial charge is 0.384 e. The monoisotopic (exact) mass is 256 g/mol. The van der Waals surface area contributed by atoms with E-state index < -0.39 is 5.60 Å². The molecule has 0 saturated carbocycles. The number of rotatable bonds is 3. The molecule has 0 aliphatic rings. The van der Waals surface area contributed by atoms with Gasteiger partial charge in [-0.15, -0.1) is 0 Å². The van der Waals surface area contributed by atoms with Crippen molar-refractivity contribution >= 4 is 0 Å². The van der Waals surface area contributed by atoms with Crippen LogP contribution in [0.2, 0.25) is 0 Å². The van der Waals surface area contributed by atoms with Crippen molar-refractivity contribution in [3.8, 4) is 11.3 Å². The standard InChI is InChI=1S/C16H20N2O/c1-11(2)12-5-7-17-14(9-12)13-6-8-18-15(10-13)16(3,4)19/h5-11,19H,1-4H3. The molecule has 0 aromatic carbocycles. The molecule has 0 bridgehead atoms. The Morgan fingerprint density at radius 2 is 1.74 bits per heavy atom. The van der Waals surface area contributed by atoms with Gasteiger partial charge in [-0.1, -0.05) is 13.8 Å². The second-order valence-electron chi connectivity index (χ2n) is 5.62. The first-order valence-electron chi connectivity index (χ1n) is 6.53. The van der Waals surface area contributed by atoms with Gasteiger partial charge in [0.1, 0.15) is 5.60 Å². The minimum absolute atomic E-state index is 0.470. The summed E-state index contributed by atoms with van der Waals surface area (Å²) in [6.45, 7) is 7.79. The molecule has 0 atom stereocenters. The molecule has 0 radical (unpaired) electrons. The molecule has 3 heteroatoms. The number of hydrogen-bond donors (Lipinski definition) is 1. The van der Waals surface area contributed by atoms with Crippen LogP contribution in [0.25, 0.3) is 11.3 Å². The lowest BCUT2D eigenvalue weighted by atomic mass is 9.99. The lowest BCUT2D eigenvalue weighted by Crippen LogP contribution is -2.17. The fourth-order valence-corrected chi connectivity index (χ4v) is 1.89. The highest BCUT2D eigenvalue weighted by atomic mass is 16.3. The minimum atomic E-state index is -0.939. The molecule has 2 aromatic heterocycles. The van der Waals surface area contributed by atoms with Crippen LogP contribution in [0.3, 0.4) is 0 Å². The third-order valence-corrected chi connectivity index (χ3v) is 3.13. The summed E-state index contributed by atoms with van der Waals surface area (Å²) in [6, 6.07) is 7.94. The van der Waals surface area contributed by atoms with E-state index in [0.717, 1.165) is 11.3 Å². The van der Waals surface area contributed by atoms with Crippen molar-refractivity contribution in [3.05, 3.63) is 47.9 Å². The molecule has 2 heterocycles. The predicted molar refractivity (Wildman–Crippen MR) is 76.8 cm³/mol. The first-order chi connectivity index (χ1) is 8.88. The summed E-state index contributed by atoms with van der Waals surface area (Å²) in [7, 11) is 0. The van der Waals surface area contributed by atoms with Crippen molar-refractivity contribution in [3.63, 3.8) is 0 Å². The predicted octanol–water partition coefficient (Wildman–Crippen LogP) is 3.49. The van der Waals surface area contributed by atoms with Crippen LogP contribution in [0.5, 0.6) is 0 Å². The quantitative estimate of drug-likeness (QED) is 0.914. The molecule has 3 nitrogen and oxygen atoms in total. The van der Waals surface area contributed by atoms with E-state index in [2.05, 4.69) is 29.9 Å². The maximum atomic E-state index is 10.0. The van der Waals surface area contributed by atoms with Crippen molar-refractivity contribution in [1.29, 1.82) is 0 Å². The number of hydrogen-bond acceptors (Lipinski definition) is 3. The summed E-state index contributed by atoms with van der Waals surface area (Å²) in [5.74, 6) is 0.470. The van der Waals surface area contributed by atoms with Gasteiger partial charge in [0.15, 0.2) is 0 Å². The first kappa shape index (κ1) is 13.7. The maximum absolute atomic E-state index is 10.0. The molecule has 2 aromatic rings. The minimum Gasteiger partial charge on any atom is -0.384 e. The fraction of sp³-hybridized carbons (Fsp3) is 0.375. The summed E-state index contributed by atoms with van der Waals surface area (Å²) < 4.78 is 0. The van der Waals surface area contributed by atoms with E-state index in [1.54, 1.807) is 20.0 Å². The van der Waals surface area contributed by atoms with Gasteiger partial charge < -0.3 is 5.11 Å². The molecule has 0 amide bonds. The molecule has 0 aliphatic heterocycles. The van der Waals surface area contributed by atoms with Gasteiger partial charge >= 0.3 is 0 Å². The van der Waals surface area contributed by atoms with Gasteiger partial charge in [0.2, 0.25) is 0 Å². The molecular formula is C16H20N2O. The van der Waals surface area contributed by atoms with E-state index in [-0.39, 0.29) is 0 Å². The average Bonchev–Trinajstić information content (AvgIpc) is 2.38. The van der Waals surface area contributed by atoms with Crippen LogP contribution in [0.15, 0.2) is 36.7 Å². The fourth-order valence-electron chi connectivity index (χ4n) is 1.89. The van der Waals surface area contributed by atoms with E-state index in [1.165, 1.54) is 5.56 Å². The Morgan fingerprint density at radius 3 is 2.37 bits per heavy atom. The normalized spacial score (nSPS) is 11.9. The number of nitrogens with zero attached hydrogens (tertiary/aromatic N) is 2. The van der Waals surface area contributed by atoms with Crippen LogP contribution in [0, 0.1) is 0 Å². The third-order valence-electron chi connectivity index (χ3n) is 3.13. The Hall–Kier alpha value is -1.74. The zero-order valence-corrected chi connectivity index (χ0v) is 11.9. The molecule has 0 aliphatic carbocycles. The zero-order chi connectivity index (χ0) is 14.0. The van der Waals surface area contributed by atoms with Crippen LogP contribution in [-0.2, 0) is 5.60 Å². The highest BCUT2D eigenvalue weighted by Gasteiger charge is 2.18. The molecule has 2 rings (SSSR count). The Bertz CT molecular complexity index is 571. The topological polar surface area (TPSA) is 46.0 Å². The molecule has 0 unspecified atom stereocenters. The van der Waals surface area contributed by atoms with Gasteiger partial charge in [0.05, 0.1) is 11.4 Å². The van der Waals surface area contributed by atoms with E-state index in [9.17, 15) is 5.11 Å². The molecule has 1 N–H and O–H groups in total. The van der Waals surface area contributed by atoms with E-state index in [4.69, 9.17) is 0 Å². The molecular weight excluding hydrogens is 236 g/mol. The smallest absolute Gasteiger partial charge is 0.101 e. The lowest BCUT2D eigenvalue weighted by Gasteiger charge is -2.17. The Morgan fingerprint density at radius 1 is 1.05 bits per heavy atom. The van der Waals surface area contributed by atoms with Gasteiger partial charge in [0.25, 0.3) is 0 Å². The van der Waals surface area contributed by atoms with Gasteiger partial charge in [-0.25, -0.2) is 0 Å². The second kappa shape index (κ2) is 5.10. The van der Waals surface area contributed by atoms with Gasteiger partial charge in [-0.3, -0.25) is 9.97 Å². The highest BCUT2D eigenvalue weighted by molar-refractivity contribution is 5.60. The number of aliphatic hydroxyl groups is 1. The lowest BCUT2D eigenvalue weighted by molar-refractivity contribution is 0.0739. The number of pyridine rings is 2. The van der Waals surface area contributed by atoms with Gasteiger partial charge in [0, 0.05) is 18.0 Å². The van der Waals surface area contributed by atoms with Crippen molar-refractivity contribution < 1.29 is 5.11 Å². The zero-order valence-electron chi connectivity index (χ0n) is 11.9.